The van der Waals surface area contributed by atoms with E-state index >= 15 is 0 Å². The molecule has 0 bridgehead atoms. The maximum atomic E-state index is 13.7. The zero-order valence-electron chi connectivity index (χ0n) is 23.2. The van der Waals surface area contributed by atoms with Crippen LogP contribution >= 0.6 is 11.6 Å². The Morgan fingerprint density at radius 2 is 1.46 bits per heavy atom. The molecule has 0 aliphatic rings. The van der Waals surface area contributed by atoms with Crippen LogP contribution in [0.2, 0.25) is 5.02 Å². The fourth-order valence-corrected chi connectivity index (χ4v) is 6.15. The van der Waals surface area contributed by atoms with E-state index in [0.717, 1.165) is 5.56 Å². The molecule has 4 aromatic carbocycles. The molecular weight excluding hydrogens is 558 g/mol. The molecule has 0 saturated heterocycles. The van der Waals surface area contributed by atoms with Crippen molar-refractivity contribution in [1.29, 1.82) is 0 Å². The maximum Gasteiger partial charge on any atom is 0.264 e. The number of hydrogen-bond acceptors (Lipinski definition) is 4. The second-order valence-electron chi connectivity index (χ2n) is 9.43. The van der Waals surface area contributed by atoms with Crippen LogP contribution in [0.15, 0.2) is 102 Å². The minimum absolute atomic E-state index is 0.0293. The van der Waals surface area contributed by atoms with Crippen molar-refractivity contribution in [1.82, 2.24) is 4.90 Å². The van der Waals surface area contributed by atoms with Crippen molar-refractivity contribution in [2.24, 2.45) is 0 Å². The number of anilines is 2. The van der Waals surface area contributed by atoms with Crippen LogP contribution < -0.4 is 9.62 Å². The number of amides is 2. The summed E-state index contributed by atoms with van der Waals surface area (Å²) in [4.78, 5) is 27.9. The van der Waals surface area contributed by atoms with Crippen molar-refractivity contribution in [2.75, 3.05) is 22.7 Å². The lowest BCUT2D eigenvalue weighted by molar-refractivity contribution is 0.0774. The SMILES string of the molecule is CCN(CC)C(=O)c1ccccc1NC(=O)c1ccc(CN(c2cc(Cl)ccc2C)S(=O)(=O)c2ccccc2)cc1. The van der Waals surface area contributed by atoms with Crippen molar-refractivity contribution < 1.29 is 18.0 Å². The van der Waals surface area contributed by atoms with Crippen molar-refractivity contribution in [3.05, 3.63) is 124 Å². The number of carbonyl (C=O) groups is 2. The van der Waals surface area contributed by atoms with Gasteiger partial charge in [-0.25, -0.2) is 8.42 Å². The van der Waals surface area contributed by atoms with Gasteiger partial charge in [0.25, 0.3) is 21.8 Å². The Kier molecular flexibility index (Phi) is 9.47. The molecule has 0 spiro atoms. The number of nitrogens with zero attached hydrogens (tertiary/aromatic N) is 2. The first kappa shape index (κ1) is 29.8. The largest absolute Gasteiger partial charge is 0.339 e. The van der Waals surface area contributed by atoms with Crippen molar-refractivity contribution in [3.8, 4) is 0 Å². The third-order valence-corrected chi connectivity index (χ3v) is 8.78. The van der Waals surface area contributed by atoms with E-state index in [4.69, 9.17) is 11.6 Å². The van der Waals surface area contributed by atoms with Gasteiger partial charge in [0.1, 0.15) is 0 Å². The van der Waals surface area contributed by atoms with Crippen LogP contribution in [0, 0.1) is 6.92 Å². The topological polar surface area (TPSA) is 86.8 Å². The van der Waals surface area contributed by atoms with Gasteiger partial charge >= 0.3 is 0 Å². The number of halogens is 1. The molecule has 0 atom stereocenters. The molecule has 41 heavy (non-hydrogen) atoms. The quantitative estimate of drug-likeness (QED) is 0.221. The van der Waals surface area contributed by atoms with Crippen LogP contribution in [0.5, 0.6) is 0 Å². The Bertz CT molecular complexity index is 1640. The second kappa shape index (κ2) is 13.0. The van der Waals surface area contributed by atoms with Gasteiger partial charge in [-0.15, -0.1) is 0 Å². The number of benzene rings is 4. The van der Waals surface area contributed by atoms with Gasteiger partial charge < -0.3 is 10.2 Å². The molecule has 212 valence electrons. The highest BCUT2D eigenvalue weighted by atomic mass is 35.5. The molecule has 0 aliphatic heterocycles. The first-order chi connectivity index (χ1) is 19.6. The summed E-state index contributed by atoms with van der Waals surface area (Å²) in [7, 11) is -3.92. The molecule has 0 fully saturated rings. The fourth-order valence-electron chi connectivity index (χ4n) is 4.45. The third kappa shape index (κ3) is 6.78. The van der Waals surface area contributed by atoms with E-state index in [1.807, 2.05) is 20.8 Å². The predicted molar refractivity (Wildman–Crippen MR) is 164 cm³/mol. The molecule has 0 unspecified atom stereocenters. The standard InChI is InChI=1S/C32H32ClN3O4S/c1-4-35(5-2)32(38)28-13-9-10-14-29(28)34-31(37)25-18-16-24(17-19-25)22-36(30-21-26(33)20-15-23(30)3)41(39,40)27-11-7-6-8-12-27/h6-21H,4-5,22H2,1-3H3,(H,34,37). The monoisotopic (exact) mass is 589 g/mol. The Labute approximate surface area is 246 Å². The van der Waals surface area contributed by atoms with Gasteiger partial charge in [-0.2, -0.15) is 0 Å². The van der Waals surface area contributed by atoms with E-state index < -0.39 is 10.0 Å². The normalized spacial score (nSPS) is 11.1. The first-order valence-corrected chi connectivity index (χ1v) is 15.1. The fraction of sp³-hybridized carbons (Fsp3) is 0.188. The Hall–Kier alpha value is -4.14. The van der Waals surface area contributed by atoms with Crippen LogP contribution in [0.4, 0.5) is 11.4 Å². The smallest absolute Gasteiger partial charge is 0.264 e. The molecule has 9 heteroatoms. The summed E-state index contributed by atoms with van der Waals surface area (Å²) in [5.74, 6) is -0.534. The van der Waals surface area contributed by atoms with Crippen molar-refractivity contribution in [2.45, 2.75) is 32.2 Å². The van der Waals surface area contributed by atoms with Crippen LogP contribution in [0.1, 0.15) is 45.7 Å². The minimum Gasteiger partial charge on any atom is -0.339 e. The van der Waals surface area contributed by atoms with Crippen LogP contribution in [-0.2, 0) is 16.6 Å². The summed E-state index contributed by atoms with van der Waals surface area (Å²) >= 11 is 6.26. The second-order valence-corrected chi connectivity index (χ2v) is 11.7. The van der Waals surface area contributed by atoms with Gasteiger partial charge in [-0.05, 0) is 80.4 Å². The zero-order chi connectivity index (χ0) is 29.6. The molecule has 0 aliphatic carbocycles. The molecule has 0 aromatic heterocycles. The van der Waals surface area contributed by atoms with Gasteiger partial charge in [0.05, 0.1) is 28.4 Å². The summed E-state index contributed by atoms with van der Waals surface area (Å²) < 4.78 is 28.8. The van der Waals surface area contributed by atoms with Crippen LogP contribution in [-0.4, -0.2) is 38.2 Å². The lowest BCUT2D eigenvalue weighted by atomic mass is 10.1. The zero-order valence-corrected chi connectivity index (χ0v) is 24.7. The summed E-state index contributed by atoms with van der Waals surface area (Å²) in [5, 5.41) is 3.27. The van der Waals surface area contributed by atoms with Gasteiger partial charge in [0, 0.05) is 23.7 Å². The number of rotatable bonds is 10. The Balaban J connectivity index is 1.60. The number of para-hydroxylation sites is 1. The van der Waals surface area contributed by atoms with Gasteiger partial charge in [0.2, 0.25) is 0 Å². The minimum atomic E-state index is -3.92. The van der Waals surface area contributed by atoms with Crippen molar-refractivity contribution in [3.63, 3.8) is 0 Å². The summed E-state index contributed by atoms with van der Waals surface area (Å²) in [6.45, 7) is 6.79. The maximum absolute atomic E-state index is 13.7. The number of sulfonamides is 1. The molecule has 4 rings (SSSR count). The average Bonchev–Trinajstić information content (AvgIpc) is 2.98. The van der Waals surface area contributed by atoms with Gasteiger partial charge in [-0.3, -0.25) is 13.9 Å². The van der Waals surface area contributed by atoms with E-state index in [1.165, 1.54) is 4.31 Å². The Morgan fingerprint density at radius 3 is 2.12 bits per heavy atom. The first-order valence-electron chi connectivity index (χ1n) is 13.3. The van der Waals surface area contributed by atoms with Gasteiger partial charge in [-0.1, -0.05) is 60.1 Å². The molecule has 0 radical (unpaired) electrons. The molecular formula is C32H32ClN3O4S. The highest BCUT2D eigenvalue weighted by Crippen LogP contribution is 2.31. The number of nitrogens with one attached hydrogen (secondary N) is 1. The summed E-state index contributed by atoms with van der Waals surface area (Å²) in [5.41, 5.74) is 3.11. The number of aryl methyl sites for hydroxylation is 1. The lowest BCUT2D eigenvalue weighted by Gasteiger charge is -2.26. The number of carbonyl (C=O) groups excluding carboxylic acids is 2. The molecule has 1 N–H and O–H groups in total. The van der Waals surface area contributed by atoms with E-state index in [0.29, 0.717) is 46.2 Å². The van der Waals surface area contributed by atoms with E-state index in [-0.39, 0.29) is 23.3 Å². The van der Waals surface area contributed by atoms with E-state index in [9.17, 15) is 18.0 Å². The molecule has 0 saturated carbocycles. The van der Waals surface area contributed by atoms with E-state index in [2.05, 4.69) is 5.32 Å². The molecule has 0 heterocycles. The number of hydrogen-bond donors (Lipinski definition) is 1. The highest BCUT2D eigenvalue weighted by Gasteiger charge is 2.27. The summed E-state index contributed by atoms with van der Waals surface area (Å²) in [6, 6.07) is 27.0. The van der Waals surface area contributed by atoms with Crippen molar-refractivity contribution >= 4 is 44.8 Å². The molecule has 7 nitrogen and oxygen atoms in total. The molecule has 4 aromatic rings. The van der Waals surface area contributed by atoms with E-state index in [1.54, 1.807) is 102 Å². The highest BCUT2D eigenvalue weighted by molar-refractivity contribution is 7.92. The predicted octanol–water partition coefficient (Wildman–Crippen LogP) is 6.78. The van der Waals surface area contributed by atoms with Gasteiger partial charge in [0.15, 0.2) is 0 Å². The lowest BCUT2D eigenvalue weighted by Crippen LogP contribution is -2.31. The molecule has 2 amide bonds. The van der Waals surface area contributed by atoms with Crippen LogP contribution in [0.3, 0.4) is 0 Å². The third-order valence-electron chi connectivity index (χ3n) is 6.77. The Morgan fingerprint density at radius 1 is 0.829 bits per heavy atom. The average molecular weight is 590 g/mol. The van der Waals surface area contributed by atoms with Crippen LogP contribution in [0.25, 0.3) is 0 Å². The summed E-state index contributed by atoms with van der Waals surface area (Å²) in [6.07, 6.45) is 0.